The first-order chi connectivity index (χ1) is 19.6. The molecule has 40 heavy (non-hydrogen) atoms. The lowest BCUT2D eigenvalue weighted by Gasteiger charge is -2.31. The Labute approximate surface area is 241 Å². The first-order valence-corrected chi connectivity index (χ1v) is 14.6. The first kappa shape index (κ1) is 29.0. The molecule has 0 heterocycles. The van der Waals surface area contributed by atoms with Crippen LogP contribution in [-0.4, -0.2) is 0 Å². The summed E-state index contributed by atoms with van der Waals surface area (Å²) in [5.74, 6) is 3.42. The van der Waals surface area contributed by atoms with E-state index in [1.54, 1.807) is 0 Å². The van der Waals surface area contributed by atoms with E-state index >= 15 is 0 Å². The highest BCUT2D eigenvalue weighted by atomic mass is 16.5. The van der Waals surface area contributed by atoms with Gasteiger partial charge in [0.05, 0.1) is 0 Å². The van der Waals surface area contributed by atoms with E-state index in [2.05, 4.69) is 86.7 Å². The molecule has 206 valence electrons. The molecule has 0 fully saturated rings. The van der Waals surface area contributed by atoms with Crippen molar-refractivity contribution in [3.8, 4) is 23.0 Å². The van der Waals surface area contributed by atoms with Gasteiger partial charge in [0, 0.05) is 16.5 Å². The molecule has 0 atom stereocenters. The number of para-hydroxylation sites is 2. The third-order valence-electron chi connectivity index (χ3n) is 7.50. The molecule has 0 aromatic heterocycles. The van der Waals surface area contributed by atoms with E-state index in [9.17, 15) is 0 Å². The quantitative estimate of drug-likeness (QED) is 0.160. The predicted octanol–water partition coefficient (Wildman–Crippen LogP) is 11.6. The van der Waals surface area contributed by atoms with Crippen LogP contribution in [0.1, 0.15) is 82.1 Å². The van der Waals surface area contributed by atoms with Gasteiger partial charge >= 0.3 is 0 Å². The van der Waals surface area contributed by atoms with Crippen LogP contribution < -0.4 is 9.47 Å². The van der Waals surface area contributed by atoms with E-state index in [1.807, 2.05) is 62.4 Å². The lowest BCUT2D eigenvalue weighted by Crippen LogP contribution is -2.23. The molecule has 0 spiro atoms. The van der Waals surface area contributed by atoms with Gasteiger partial charge in [-0.25, -0.2) is 0 Å². The number of unbranched alkanes of at least 4 members (excludes halogenated alkanes) is 3. The Morgan fingerprint density at radius 3 is 1.45 bits per heavy atom. The van der Waals surface area contributed by atoms with Gasteiger partial charge in [-0.2, -0.15) is 0 Å². The van der Waals surface area contributed by atoms with Crippen LogP contribution in [0.4, 0.5) is 0 Å². The van der Waals surface area contributed by atoms with Crippen LogP contribution in [0.3, 0.4) is 0 Å². The normalized spacial score (nSPS) is 13.0. The Kier molecular flexibility index (Phi) is 10.4. The van der Waals surface area contributed by atoms with Crippen molar-refractivity contribution in [3.63, 3.8) is 0 Å². The van der Waals surface area contributed by atoms with E-state index in [4.69, 9.17) is 9.47 Å². The van der Waals surface area contributed by atoms with Crippen molar-refractivity contribution in [1.82, 2.24) is 0 Å². The molecule has 0 saturated heterocycles. The molecule has 4 rings (SSSR count). The van der Waals surface area contributed by atoms with Crippen molar-refractivity contribution in [2.24, 2.45) is 0 Å². The number of hydrogen-bond acceptors (Lipinski definition) is 2. The van der Waals surface area contributed by atoms with Gasteiger partial charge in [0.15, 0.2) is 0 Å². The molecule has 0 saturated carbocycles. The summed E-state index contributed by atoms with van der Waals surface area (Å²) in [5, 5.41) is 0. The zero-order chi connectivity index (χ0) is 28.2. The Morgan fingerprint density at radius 2 is 1.02 bits per heavy atom. The molecule has 4 aromatic rings. The molecule has 0 N–H and O–H groups in total. The van der Waals surface area contributed by atoms with E-state index in [-0.39, 0.29) is 5.41 Å². The highest BCUT2D eigenvalue weighted by Gasteiger charge is 2.28. The highest BCUT2D eigenvalue weighted by Crippen LogP contribution is 2.39. The van der Waals surface area contributed by atoms with Gasteiger partial charge < -0.3 is 9.47 Å². The first-order valence-electron chi connectivity index (χ1n) is 14.6. The van der Waals surface area contributed by atoms with Gasteiger partial charge in [0.25, 0.3) is 0 Å². The SMILES string of the molecule is CC=Cc1ccccc1Oc1ccc(C(C)(CCCCCC)c2ccc(Oc3ccccc3C=CC)cc2)cc1. The van der Waals surface area contributed by atoms with Crippen molar-refractivity contribution < 1.29 is 9.47 Å². The lowest BCUT2D eigenvalue weighted by molar-refractivity contribution is 0.466. The minimum absolute atomic E-state index is 0.115. The zero-order valence-electron chi connectivity index (χ0n) is 24.4. The molecule has 0 amide bonds. The third kappa shape index (κ3) is 7.33. The summed E-state index contributed by atoms with van der Waals surface area (Å²) < 4.78 is 12.6. The Bertz CT molecular complexity index is 1290. The second kappa shape index (κ2) is 14.4. The molecule has 2 heteroatoms. The van der Waals surface area contributed by atoms with Crippen molar-refractivity contribution in [2.45, 2.75) is 65.2 Å². The van der Waals surface area contributed by atoms with Gasteiger partial charge in [-0.1, -0.05) is 124 Å². The number of ether oxygens (including phenoxy) is 2. The molecule has 0 radical (unpaired) electrons. The molecule has 0 bridgehead atoms. The average Bonchev–Trinajstić information content (AvgIpc) is 2.98. The molecule has 4 aromatic carbocycles. The van der Waals surface area contributed by atoms with Crippen LogP contribution in [0.5, 0.6) is 23.0 Å². The molecule has 0 aliphatic rings. The van der Waals surface area contributed by atoms with Crippen LogP contribution in [0.25, 0.3) is 12.2 Å². The number of benzene rings is 4. The van der Waals surface area contributed by atoms with Gasteiger partial charge in [-0.3, -0.25) is 0 Å². The van der Waals surface area contributed by atoms with Crippen LogP contribution >= 0.6 is 0 Å². The maximum absolute atomic E-state index is 6.28. The maximum atomic E-state index is 6.28. The highest BCUT2D eigenvalue weighted by molar-refractivity contribution is 5.59. The van der Waals surface area contributed by atoms with Crippen molar-refractivity contribution >= 4 is 12.2 Å². The van der Waals surface area contributed by atoms with E-state index in [1.165, 1.54) is 36.8 Å². The Balaban J connectivity index is 1.58. The van der Waals surface area contributed by atoms with Crippen molar-refractivity contribution in [1.29, 1.82) is 0 Å². The third-order valence-corrected chi connectivity index (χ3v) is 7.50. The fraction of sp³-hybridized carbons (Fsp3) is 0.263. The minimum atomic E-state index is -0.115. The van der Waals surface area contributed by atoms with Crippen molar-refractivity contribution in [3.05, 3.63) is 131 Å². The van der Waals surface area contributed by atoms with Gasteiger partial charge in [-0.15, -0.1) is 0 Å². The number of rotatable bonds is 13. The Morgan fingerprint density at radius 1 is 0.575 bits per heavy atom. The Hall–Kier alpha value is -4.04. The van der Waals surface area contributed by atoms with Crippen LogP contribution in [0.15, 0.2) is 109 Å². The average molecular weight is 531 g/mol. The number of allylic oxidation sites excluding steroid dienone is 2. The largest absolute Gasteiger partial charge is 0.457 e. The zero-order valence-corrected chi connectivity index (χ0v) is 24.4. The van der Waals surface area contributed by atoms with Crippen LogP contribution in [0, 0.1) is 0 Å². The molecule has 0 aliphatic carbocycles. The molecule has 2 nitrogen and oxygen atoms in total. The summed E-state index contributed by atoms with van der Waals surface area (Å²) in [6.07, 6.45) is 14.2. The van der Waals surface area contributed by atoms with Gasteiger partial charge in [0.1, 0.15) is 23.0 Å². The summed E-state index contributed by atoms with van der Waals surface area (Å²) >= 11 is 0. The van der Waals surface area contributed by atoms with E-state index in [0.717, 1.165) is 40.5 Å². The van der Waals surface area contributed by atoms with E-state index in [0.29, 0.717) is 0 Å². The second-order valence-corrected chi connectivity index (χ2v) is 10.5. The van der Waals surface area contributed by atoms with Crippen LogP contribution in [-0.2, 0) is 5.41 Å². The fourth-order valence-corrected chi connectivity index (χ4v) is 5.18. The predicted molar refractivity (Wildman–Crippen MR) is 171 cm³/mol. The summed E-state index contributed by atoms with van der Waals surface area (Å²) in [6, 6.07) is 33.6. The summed E-state index contributed by atoms with van der Waals surface area (Å²) in [5.41, 5.74) is 4.63. The standard InChI is InChI=1S/C38H42O2/c1-5-8-9-14-29-38(4,32-21-25-34(26-22-32)39-36-19-12-10-17-30(36)15-6-2)33-23-27-35(28-24-33)40-37-20-13-11-18-31(37)16-7-3/h6-7,10-13,15-28H,5,8-9,14,29H2,1-4H3. The molecule has 0 unspecified atom stereocenters. The summed E-state index contributed by atoms with van der Waals surface area (Å²) in [6.45, 7) is 8.68. The van der Waals surface area contributed by atoms with Gasteiger partial charge in [0.2, 0.25) is 0 Å². The second-order valence-electron chi connectivity index (χ2n) is 10.5. The van der Waals surface area contributed by atoms with Crippen LogP contribution in [0.2, 0.25) is 0 Å². The summed E-state index contributed by atoms with van der Waals surface area (Å²) in [7, 11) is 0. The monoisotopic (exact) mass is 530 g/mol. The lowest BCUT2D eigenvalue weighted by atomic mass is 9.72. The van der Waals surface area contributed by atoms with E-state index < -0.39 is 0 Å². The fourth-order valence-electron chi connectivity index (χ4n) is 5.18. The molecular formula is C38H42O2. The summed E-state index contributed by atoms with van der Waals surface area (Å²) in [4.78, 5) is 0. The van der Waals surface area contributed by atoms with Gasteiger partial charge in [-0.05, 0) is 67.8 Å². The number of hydrogen-bond donors (Lipinski definition) is 0. The van der Waals surface area contributed by atoms with Crippen molar-refractivity contribution in [2.75, 3.05) is 0 Å². The smallest absolute Gasteiger partial charge is 0.134 e. The molecular weight excluding hydrogens is 488 g/mol. The maximum Gasteiger partial charge on any atom is 0.134 e. The minimum Gasteiger partial charge on any atom is -0.457 e. The topological polar surface area (TPSA) is 18.5 Å². The molecule has 0 aliphatic heterocycles.